The molecule has 0 saturated heterocycles. The first-order valence-corrected chi connectivity index (χ1v) is 9.07. The molecule has 1 aromatic rings. The molecule has 0 aliphatic rings. The lowest BCUT2D eigenvalue weighted by Crippen LogP contribution is -2.41. The predicted octanol–water partition coefficient (Wildman–Crippen LogP) is 4.35. The van der Waals surface area contributed by atoms with Gasteiger partial charge in [0.05, 0.1) is 6.10 Å². The molecule has 2 N–H and O–H groups in total. The highest BCUT2D eigenvalue weighted by Gasteiger charge is 2.38. The first-order valence-electron chi connectivity index (χ1n) is 6.17. The SMILES string of the molecule is C[C@@H](O[Si](C)(C)C(C)(C)C)c1cccc(N)c1. The fourth-order valence-corrected chi connectivity index (χ4v) is 2.87. The quantitative estimate of drug-likeness (QED) is 0.640. The lowest BCUT2D eigenvalue weighted by atomic mass is 10.1. The van der Waals surface area contributed by atoms with Crippen molar-refractivity contribution in [3.63, 3.8) is 0 Å². The normalized spacial score (nSPS) is 14.7. The Labute approximate surface area is 106 Å². The standard InChI is InChI=1S/C14H25NOSi/c1-11(12-8-7-9-13(15)10-12)16-17(5,6)14(2,3)4/h7-11H,15H2,1-6H3/t11-/m1/s1. The van der Waals surface area contributed by atoms with E-state index in [1.807, 2.05) is 18.2 Å². The van der Waals surface area contributed by atoms with Crippen molar-refractivity contribution < 1.29 is 4.43 Å². The molecule has 0 spiro atoms. The zero-order valence-electron chi connectivity index (χ0n) is 11.9. The number of hydrogen-bond acceptors (Lipinski definition) is 2. The minimum Gasteiger partial charge on any atom is -0.410 e. The molecular weight excluding hydrogens is 226 g/mol. The summed E-state index contributed by atoms with van der Waals surface area (Å²) in [4.78, 5) is 0. The lowest BCUT2D eigenvalue weighted by Gasteiger charge is -2.38. The Morgan fingerprint density at radius 1 is 1.24 bits per heavy atom. The van der Waals surface area contributed by atoms with Crippen molar-refractivity contribution in [1.29, 1.82) is 0 Å². The summed E-state index contributed by atoms with van der Waals surface area (Å²) >= 11 is 0. The van der Waals surface area contributed by atoms with Crippen LogP contribution < -0.4 is 5.73 Å². The maximum atomic E-state index is 6.33. The second-order valence-electron chi connectivity index (χ2n) is 6.19. The van der Waals surface area contributed by atoms with Crippen LogP contribution in [0.5, 0.6) is 0 Å². The van der Waals surface area contributed by atoms with Gasteiger partial charge in [0.15, 0.2) is 8.32 Å². The van der Waals surface area contributed by atoms with Crippen molar-refractivity contribution in [2.75, 3.05) is 5.73 Å². The van der Waals surface area contributed by atoms with Gasteiger partial charge in [0, 0.05) is 5.69 Å². The van der Waals surface area contributed by atoms with Gasteiger partial charge in [0.25, 0.3) is 0 Å². The zero-order valence-corrected chi connectivity index (χ0v) is 12.9. The number of hydrogen-bond donors (Lipinski definition) is 1. The van der Waals surface area contributed by atoms with Gasteiger partial charge in [0.1, 0.15) is 0 Å². The highest BCUT2D eigenvalue weighted by atomic mass is 28.4. The number of rotatable bonds is 3. The van der Waals surface area contributed by atoms with E-state index in [0.29, 0.717) is 0 Å². The molecule has 0 aliphatic carbocycles. The van der Waals surface area contributed by atoms with E-state index in [-0.39, 0.29) is 11.1 Å². The Morgan fingerprint density at radius 2 is 1.82 bits per heavy atom. The van der Waals surface area contributed by atoms with Crippen LogP contribution in [0.4, 0.5) is 5.69 Å². The van der Waals surface area contributed by atoms with Crippen molar-refractivity contribution in [3.05, 3.63) is 29.8 Å². The summed E-state index contributed by atoms with van der Waals surface area (Å²) in [6.07, 6.45) is 0.111. The molecule has 0 aromatic heterocycles. The van der Waals surface area contributed by atoms with Gasteiger partial charge >= 0.3 is 0 Å². The summed E-state index contributed by atoms with van der Waals surface area (Å²) in [6.45, 7) is 13.4. The highest BCUT2D eigenvalue weighted by molar-refractivity contribution is 6.74. The Balaban J connectivity index is 2.83. The molecule has 0 fully saturated rings. The van der Waals surface area contributed by atoms with E-state index >= 15 is 0 Å². The molecule has 1 rings (SSSR count). The number of nitrogen functional groups attached to an aromatic ring is 1. The van der Waals surface area contributed by atoms with Gasteiger partial charge in [-0.3, -0.25) is 0 Å². The monoisotopic (exact) mass is 251 g/mol. The van der Waals surface area contributed by atoms with Crippen LogP contribution in [0.1, 0.15) is 39.4 Å². The molecule has 0 amide bonds. The minimum absolute atomic E-state index is 0.111. The van der Waals surface area contributed by atoms with Crippen molar-refractivity contribution in [1.82, 2.24) is 0 Å². The fraction of sp³-hybridized carbons (Fsp3) is 0.571. The largest absolute Gasteiger partial charge is 0.410 e. The molecule has 0 heterocycles. The first-order chi connectivity index (χ1) is 7.63. The second-order valence-corrected chi connectivity index (χ2v) is 10.9. The summed E-state index contributed by atoms with van der Waals surface area (Å²) in [6, 6.07) is 7.96. The van der Waals surface area contributed by atoms with Gasteiger partial charge in [-0.2, -0.15) is 0 Å². The second kappa shape index (κ2) is 4.82. The van der Waals surface area contributed by atoms with Crippen LogP contribution in [0.2, 0.25) is 18.1 Å². The van der Waals surface area contributed by atoms with Crippen LogP contribution in [0.15, 0.2) is 24.3 Å². The Bertz CT molecular complexity index is 382. The van der Waals surface area contributed by atoms with Crippen molar-refractivity contribution in [2.45, 2.75) is 51.9 Å². The third kappa shape index (κ3) is 3.58. The molecule has 0 saturated carbocycles. The molecule has 2 nitrogen and oxygen atoms in total. The zero-order chi connectivity index (χ0) is 13.3. The van der Waals surface area contributed by atoms with Crippen LogP contribution in [-0.4, -0.2) is 8.32 Å². The van der Waals surface area contributed by atoms with E-state index in [1.54, 1.807) is 0 Å². The summed E-state index contributed by atoms with van der Waals surface area (Å²) in [5.41, 5.74) is 7.76. The van der Waals surface area contributed by atoms with Crippen molar-refractivity contribution in [3.8, 4) is 0 Å². The van der Waals surface area contributed by atoms with Crippen molar-refractivity contribution >= 4 is 14.0 Å². The molecule has 1 atom stereocenters. The summed E-state index contributed by atoms with van der Waals surface area (Å²) in [5, 5.41) is 0.238. The number of benzene rings is 1. The average molecular weight is 251 g/mol. The van der Waals surface area contributed by atoms with Crippen LogP contribution >= 0.6 is 0 Å². The molecule has 3 heteroatoms. The highest BCUT2D eigenvalue weighted by Crippen LogP contribution is 2.39. The van der Waals surface area contributed by atoms with Gasteiger partial charge in [-0.25, -0.2) is 0 Å². The van der Waals surface area contributed by atoms with Gasteiger partial charge in [-0.15, -0.1) is 0 Å². The van der Waals surface area contributed by atoms with Crippen LogP contribution in [0.25, 0.3) is 0 Å². The minimum atomic E-state index is -1.71. The van der Waals surface area contributed by atoms with E-state index in [2.05, 4.69) is 46.9 Å². The van der Waals surface area contributed by atoms with Gasteiger partial charge in [-0.05, 0) is 42.8 Å². The van der Waals surface area contributed by atoms with E-state index in [1.165, 1.54) is 0 Å². The Hall–Kier alpha value is -0.803. The van der Waals surface area contributed by atoms with Crippen LogP contribution in [-0.2, 0) is 4.43 Å². The molecule has 0 bridgehead atoms. The van der Waals surface area contributed by atoms with E-state index in [9.17, 15) is 0 Å². The number of nitrogens with two attached hydrogens (primary N) is 1. The average Bonchev–Trinajstić information content (AvgIpc) is 2.15. The maximum absolute atomic E-state index is 6.33. The third-order valence-electron chi connectivity index (χ3n) is 3.66. The predicted molar refractivity (Wildman–Crippen MR) is 77.6 cm³/mol. The molecule has 96 valence electrons. The van der Waals surface area contributed by atoms with Crippen LogP contribution in [0.3, 0.4) is 0 Å². The summed E-state index contributed by atoms with van der Waals surface area (Å²) in [5.74, 6) is 0. The fourth-order valence-electron chi connectivity index (χ4n) is 1.50. The van der Waals surface area contributed by atoms with E-state index in [4.69, 9.17) is 10.2 Å². The van der Waals surface area contributed by atoms with Gasteiger partial charge in [0.2, 0.25) is 0 Å². The molecule has 17 heavy (non-hydrogen) atoms. The topological polar surface area (TPSA) is 35.2 Å². The molecule has 0 aliphatic heterocycles. The smallest absolute Gasteiger partial charge is 0.192 e. The summed E-state index contributed by atoms with van der Waals surface area (Å²) < 4.78 is 6.33. The Kier molecular flexibility index (Phi) is 4.05. The van der Waals surface area contributed by atoms with Crippen molar-refractivity contribution in [2.24, 2.45) is 0 Å². The third-order valence-corrected chi connectivity index (χ3v) is 8.21. The molecule has 1 aromatic carbocycles. The van der Waals surface area contributed by atoms with E-state index < -0.39 is 8.32 Å². The van der Waals surface area contributed by atoms with Gasteiger partial charge in [-0.1, -0.05) is 32.9 Å². The molecule has 0 radical (unpaired) electrons. The first kappa shape index (κ1) is 14.3. The summed E-state index contributed by atoms with van der Waals surface area (Å²) in [7, 11) is -1.71. The molecule has 0 unspecified atom stereocenters. The van der Waals surface area contributed by atoms with Gasteiger partial charge < -0.3 is 10.2 Å². The number of anilines is 1. The lowest BCUT2D eigenvalue weighted by molar-refractivity contribution is 0.203. The Morgan fingerprint density at radius 3 is 2.29 bits per heavy atom. The molecular formula is C14H25NOSi. The van der Waals surface area contributed by atoms with Crippen LogP contribution in [0, 0.1) is 0 Å². The maximum Gasteiger partial charge on any atom is 0.192 e. The van der Waals surface area contributed by atoms with E-state index in [0.717, 1.165) is 11.3 Å².